The minimum atomic E-state index is -0.391. The lowest BCUT2D eigenvalue weighted by Gasteiger charge is -2.45. The first kappa shape index (κ1) is 19.1. The first-order valence-corrected chi connectivity index (χ1v) is 10.7. The zero-order valence-corrected chi connectivity index (χ0v) is 17.1. The quantitative estimate of drug-likeness (QED) is 0.840. The number of rotatable bonds is 5. The molecule has 2 atom stereocenters. The van der Waals surface area contributed by atoms with Crippen LogP contribution in [0, 0.1) is 5.92 Å². The van der Waals surface area contributed by atoms with Crippen molar-refractivity contribution >= 4 is 23.2 Å². The van der Waals surface area contributed by atoms with Crippen LogP contribution in [-0.4, -0.2) is 58.3 Å². The van der Waals surface area contributed by atoms with Gasteiger partial charge in [0.2, 0.25) is 11.8 Å². The molecule has 148 valence electrons. The van der Waals surface area contributed by atoms with Crippen LogP contribution in [0.4, 0.5) is 0 Å². The van der Waals surface area contributed by atoms with Crippen LogP contribution in [0.15, 0.2) is 35.7 Å². The minimum absolute atomic E-state index is 0.0286. The topological polar surface area (TPSA) is 65.5 Å². The van der Waals surface area contributed by atoms with Crippen molar-refractivity contribution in [1.82, 2.24) is 20.1 Å². The van der Waals surface area contributed by atoms with Crippen molar-refractivity contribution in [2.75, 3.05) is 19.6 Å². The molecule has 1 N–H and O–H groups in total. The number of carbonyl (C=O) groups is 2. The van der Waals surface area contributed by atoms with Crippen LogP contribution in [0.1, 0.15) is 25.3 Å². The smallest absolute Gasteiger partial charge is 0.245 e. The molecule has 0 saturated carbocycles. The van der Waals surface area contributed by atoms with Gasteiger partial charge in [0, 0.05) is 30.6 Å². The molecule has 1 aromatic carbocycles. The summed E-state index contributed by atoms with van der Waals surface area (Å²) in [5, 5.41) is 6.05. The standard InChI is InChI=1S/C21H26N4O2S/c1-14(2)10-16-21(27)25-9-8-24(11-18(25)20(26)23-16)12-19-22-17(13-28-19)15-6-4-3-5-7-15/h3-7,13-14,16,18H,8-12H2,1-2H3,(H,23,26)/t16-,18+/m0/s1. The van der Waals surface area contributed by atoms with Crippen molar-refractivity contribution in [2.24, 2.45) is 5.92 Å². The summed E-state index contributed by atoms with van der Waals surface area (Å²) in [6.45, 7) is 6.78. The third-order valence-electron chi connectivity index (χ3n) is 5.35. The first-order valence-electron chi connectivity index (χ1n) is 9.84. The summed E-state index contributed by atoms with van der Waals surface area (Å²) in [4.78, 5) is 34.1. The second kappa shape index (κ2) is 8.01. The van der Waals surface area contributed by atoms with Crippen LogP contribution >= 0.6 is 11.3 Å². The summed E-state index contributed by atoms with van der Waals surface area (Å²) >= 11 is 1.64. The third kappa shape index (κ3) is 3.95. The fourth-order valence-electron chi connectivity index (χ4n) is 3.95. The molecule has 7 heteroatoms. The number of nitrogens with one attached hydrogen (secondary N) is 1. The maximum Gasteiger partial charge on any atom is 0.245 e. The molecule has 0 unspecified atom stereocenters. The van der Waals surface area contributed by atoms with Crippen molar-refractivity contribution in [1.29, 1.82) is 0 Å². The fourth-order valence-corrected chi connectivity index (χ4v) is 4.79. The van der Waals surface area contributed by atoms with Crippen LogP contribution in [0.25, 0.3) is 11.3 Å². The molecule has 4 rings (SSSR count). The summed E-state index contributed by atoms with van der Waals surface area (Å²) in [6.07, 6.45) is 0.693. The molecule has 0 spiro atoms. The number of carbonyl (C=O) groups excluding carboxylic acids is 2. The zero-order chi connectivity index (χ0) is 19.7. The summed E-state index contributed by atoms with van der Waals surface area (Å²) in [6, 6.07) is 9.38. The maximum atomic E-state index is 12.7. The number of aromatic nitrogens is 1. The highest BCUT2D eigenvalue weighted by Gasteiger charge is 2.43. The van der Waals surface area contributed by atoms with Gasteiger partial charge < -0.3 is 10.2 Å². The van der Waals surface area contributed by atoms with Crippen LogP contribution in [-0.2, 0) is 16.1 Å². The molecule has 0 radical (unpaired) electrons. The van der Waals surface area contributed by atoms with Gasteiger partial charge in [-0.2, -0.15) is 0 Å². The van der Waals surface area contributed by atoms with Gasteiger partial charge in [0.1, 0.15) is 17.1 Å². The molecule has 28 heavy (non-hydrogen) atoms. The molecule has 6 nitrogen and oxygen atoms in total. The van der Waals surface area contributed by atoms with Gasteiger partial charge in [-0.1, -0.05) is 44.2 Å². The first-order chi connectivity index (χ1) is 13.5. The molecule has 2 saturated heterocycles. The Labute approximate surface area is 169 Å². The van der Waals surface area contributed by atoms with Gasteiger partial charge in [-0.05, 0) is 12.3 Å². The van der Waals surface area contributed by atoms with Crippen molar-refractivity contribution in [3.05, 3.63) is 40.7 Å². The highest BCUT2D eigenvalue weighted by atomic mass is 32.1. The Balaban J connectivity index is 1.40. The molecule has 2 amide bonds. The van der Waals surface area contributed by atoms with Gasteiger partial charge in [-0.15, -0.1) is 11.3 Å². The zero-order valence-electron chi connectivity index (χ0n) is 16.3. The largest absolute Gasteiger partial charge is 0.342 e. The summed E-state index contributed by atoms with van der Waals surface area (Å²) in [5.41, 5.74) is 2.10. The van der Waals surface area contributed by atoms with E-state index in [0.29, 0.717) is 32.0 Å². The average molecular weight is 399 g/mol. The Morgan fingerprint density at radius 1 is 1.21 bits per heavy atom. The number of fused-ring (bicyclic) bond motifs is 1. The number of thiazole rings is 1. The molecule has 2 aliphatic rings. The summed E-state index contributed by atoms with van der Waals surface area (Å²) in [5.74, 6) is 0.411. The monoisotopic (exact) mass is 398 g/mol. The van der Waals surface area contributed by atoms with Crippen LogP contribution < -0.4 is 5.32 Å². The van der Waals surface area contributed by atoms with E-state index in [4.69, 9.17) is 4.98 Å². The van der Waals surface area contributed by atoms with E-state index in [1.165, 1.54) is 0 Å². The van der Waals surface area contributed by atoms with Gasteiger partial charge >= 0.3 is 0 Å². The van der Waals surface area contributed by atoms with Gasteiger partial charge in [0.25, 0.3) is 0 Å². The lowest BCUT2D eigenvalue weighted by Crippen LogP contribution is -2.69. The molecule has 0 bridgehead atoms. The van der Waals surface area contributed by atoms with Gasteiger partial charge in [-0.25, -0.2) is 4.98 Å². The molecule has 3 heterocycles. The number of amides is 2. The molecule has 0 aliphatic carbocycles. The summed E-state index contributed by atoms with van der Waals surface area (Å²) < 4.78 is 0. The number of hydrogen-bond donors (Lipinski definition) is 1. The van der Waals surface area contributed by atoms with Crippen LogP contribution in [0.2, 0.25) is 0 Å². The highest BCUT2D eigenvalue weighted by molar-refractivity contribution is 7.09. The second-order valence-electron chi connectivity index (χ2n) is 7.97. The van der Waals surface area contributed by atoms with Gasteiger partial charge in [0.15, 0.2) is 0 Å². The van der Waals surface area contributed by atoms with Crippen LogP contribution in [0.3, 0.4) is 0 Å². The predicted molar refractivity (Wildman–Crippen MR) is 110 cm³/mol. The number of piperazine rings is 2. The van der Waals surface area contributed by atoms with E-state index in [1.807, 2.05) is 18.2 Å². The van der Waals surface area contributed by atoms with Crippen LogP contribution in [0.5, 0.6) is 0 Å². The maximum absolute atomic E-state index is 12.7. The molecule has 2 aliphatic heterocycles. The number of hydrogen-bond acceptors (Lipinski definition) is 5. The third-order valence-corrected chi connectivity index (χ3v) is 6.19. The SMILES string of the molecule is CC(C)C[C@@H]1NC(=O)[C@H]2CN(Cc3nc(-c4ccccc4)cs3)CCN2C1=O. The van der Waals surface area contributed by atoms with E-state index >= 15 is 0 Å². The molecular formula is C21H26N4O2S. The van der Waals surface area contributed by atoms with Gasteiger partial charge in [-0.3, -0.25) is 14.5 Å². The van der Waals surface area contributed by atoms with E-state index in [0.717, 1.165) is 22.8 Å². The Kier molecular flexibility index (Phi) is 5.46. The van der Waals surface area contributed by atoms with Crippen molar-refractivity contribution < 1.29 is 9.59 Å². The normalized spacial score (nSPS) is 23.0. The molecule has 1 aromatic heterocycles. The number of benzene rings is 1. The highest BCUT2D eigenvalue weighted by Crippen LogP contribution is 2.24. The average Bonchev–Trinajstić information content (AvgIpc) is 3.15. The lowest BCUT2D eigenvalue weighted by atomic mass is 9.97. The predicted octanol–water partition coefficient (Wildman–Crippen LogP) is 2.37. The number of nitrogens with zero attached hydrogens (tertiary/aromatic N) is 3. The van der Waals surface area contributed by atoms with E-state index < -0.39 is 6.04 Å². The van der Waals surface area contributed by atoms with Crippen molar-refractivity contribution in [3.8, 4) is 11.3 Å². The Hall–Kier alpha value is -2.25. The Morgan fingerprint density at radius 3 is 2.75 bits per heavy atom. The van der Waals surface area contributed by atoms with E-state index in [2.05, 4.69) is 41.6 Å². The van der Waals surface area contributed by atoms with Crippen molar-refractivity contribution in [2.45, 2.75) is 38.9 Å². The van der Waals surface area contributed by atoms with Gasteiger partial charge in [0.05, 0.1) is 12.2 Å². The van der Waals surface area contributed by atoms with E-state index in [1.54, 1.807) is 16.2 Å². The lowest BCUT2D eigenvalue weighted by molar-refractivity contribution is -0.153. The van der Waals surface area contributed by atoms with E-state index in [-0.39, 0.29) is 17.9 Å². The van der Waals surface area contributed by atoms with Crippen molar-refractivity contribution in [3.63, 3.8) is 0 Å². The molecular weight excluding hydrogens is 372 g/mol. The molecule has 2 fully saturated rings. The minimum Gasteiger partial charge on any atom is -0.342 e. The van der Waals surface area contributed by atoms with E-state index in [9.17, 15) is 9.59 Å². The summed E-state index contributed by atoms with van der Waals surface area (Å²) in [7, 11) is 0. The Morgan fingerprint density at radius 2 is 2.00 bits per heavy atom. The Bertz CT molecular complexity index is 851. The second-order valence-corrected chi connectivity index (χ2v) is 8.91. The molecule has 2 aromatic rings. The fraction of sp³-hybridized carbons (Fsp3) is 0.476.